The molecule has 0 unspecified atom stereocenters. The summed E-state index contributed by atoms with van der Waals surface area (Å²) in [7, 11) is 0. The quantitative estimate of drug-likeness (QED) is 0.758. The number of ketones is 1. The summed E-state index contributed by atoms with van der Waals surface area (Å²) in [6.07, 6.45) is -0.311. The molecule has 2 aromatic rings. The third-order valence-electron chi connectivity index (χ3n) is 2.99. The van der Waals surface area contributed by atoms with Crippen LogP contribution in [-0.2, 0) is 6.42 Å². The standard InChI is InChI=1S/C15H12F2O4/c16-9-2-3-11(17)8(5-9)1-4-12(19)15-13(20)6-10(18)7-14(15)21/h2-3,5-7,18,20-21H,1,4H2. The fourth-order valence-electron chi connectivity index (χ4n) is 1.99. The molecule has 6 heteroatoms. The van der Waals surface area contributed by atoms with E-state index >= 15 is 0 Å². The van der Waals surface area contributed by atoms with E-state index in [1.165, 1.54) is 0 Å². The van der Waals surface area contributed by atoms with Crippen molar-refractivity contribution < 1.29 is 28.9 Å². The van der Waals surface area contributed by atoms with Gasteiger partial charge in [0.05, 0.1) is 0 Å². The van der Waals surface area contributed by atoms with Crippen LogP contribution in [0, 0.1) is 11.6 Å². The second-order valence-electron chi connectivity index (χ2n) is 4.52. The SMILES string of the molecule is O=C(CCc1cc(F)ccc1F)c1c(O)cc(O)cc1O. The predicted octanol–water partition coefficient (Wildman–Crippen LogP) is 2.90. The molecule has 0 aliphatic rings. The van der Waals surface area contributed by atoms with Crippen molar-refractivity contribution in [2.24, 2.45) is 0 Å². The Balaban J connectivity index is 2.18. The first-order valence-electron chi connectivity index (χ1n) is 6.10. The summed E-state index contributed by atoms with van der Waals surface area (Å²) in [5.74, 6) is -3.43. The van der Waals surface area contributed by atoms with Gasteiger partial charge in [0.1, 0.15) is 34.4 Å². The Hall–Kier alpha value is -2.63. The highest BCUT2D eigenvalue weighted by molar-refractivity contribution is 6.01. The topological polar surface area (TPSA) is 77.8 Å². The number of halogens is 2. The Morgan fingerprint density at radius 2 is 1.62 bits per heavy atom. The van der Waals surface area contributed by atoms with E-state index in [2.05, 4.69) is 0 Å². The van der Waals surface area contributed by atoms with E-state index in [0.717, 1.165) is 30.3 Å². The normalized spacial score (nSPS) is 10.6. The summed E-state index contributed by atoms with van der Waals surface area (Å²) >= 11 is 0. The summed E-state index contributed by atoms with van der Waals surface area (Å²) in [4.78, 5) is 11.9. The van der Waals surface area contributed by atoms with Crippen molar-refractivity contribution in [3.8, 4) is 17.2 Å². The zero-order chi connectivity index (χ0) is 15.6. The first kappa shape index (κ1) is 14.8. The smallest absolute Gasteiger partial charge is 0.170 e. The highest BCUT2D eigenvalue weighted by atomic mass is 19.1. The zero-order valence-corrected chi connectivity index (χ0v) is 10.8. The van der Waals surface area contributed by atoms with Crippen molar-refractivity contribution in [2.75, 3.05) is 0 Å². The van der Waals surface area contributed by atoms with Gasteiger partial charge >= 0.3 is 0 Å². The molecule has 110 valence electrons. The summed E-state index contributed by atoms with van der Waals surface area (Å²) in [6.45, 7) is 0. The molecule has 2 rings (SSSR count). The molecule has 3 N–H and O–H groups in total. The maximum absolute atomic E-state index is 13.4. The second kappa shape index (κ2) is 5.78. The molecule has 0 aromatic heterocycles. The summed E-state index contributed by atoms with van der Waals surface area (Å²) < 4.78 is 26.4. The Morgan fingerprint density at radius 3 is 2.24 bits per heavy atom. The highest BCUT2D eigenvalue weighted by Crippen LogP contribution is 2.33. The minimum Gasteiger partial charge on any atom is -0.508 e. The number of rotatable bonds is 4. The Kier molecular flexibility index (Phi) is 4.07. The molecule has 0 atom stereocenters. The minimum atomic E-state index is -0.645. The molecule has 0 radical (unpaired) electrons. The van der Waals surface area contributed by atoms with Crippen LogP contribution in [0.1, 0.15) is 22.3 Å². The average molecular weight is 294 g/mol. The van der Waals surface area contributed by atoms with Crippen LogP contribution in [0.3, 0.4) is 0 Å². The maximum atomic E-state index is 13.4. The third-order valence-corrected chi connectivity index (χ3v) is 2.99. The van der Waals surface area contributed by atoms with Gasteiger partial charge in [-0.05, 0) is 30.2 Å². The lowest BCUT2D eigenvalue weighted by Crippen LogP contribution is -2.03. The summed E-state index contributed by atoms with van der Waals surface area (Å²) in [5, 5.41) is 28.3. The third kappa shape index (κ3) is 3.28. The highest BCUT2D eigenvalue weighted by Gasteiger charge is 2.18. The lowest BCUT2D eigenvalue weighted by molar-refractivity contribution is 0.0977. The van der Waals surface area contributed by atoms with Crippen LogP contribution in [0.15, 0.2) is 30.3 Å². The molecular weight excluding hydrogens is 282 g/mol. The average Bonchev–Trinajstić information content (AvgIpc) is 2.38. The van der Waals surface area contributed by atoms with Gasteiger partial charge in [-0.1, -0.05) is 0 Å². The molecule has 2 aromatic carbocycles. The number of Topliss-reactive ketones (excluding diaryl/α,β-unsaturated/α-hetero) is 1. The zero-order valence-electron chi connectivity index (χ0n) is 10.8. The van der Waals surface area contributed by atoms with Crippen molar-refractivity contribution in [3.63, 3.8) is 0 Å². The Labute approximate surface area is 118 Å². The lowest BCUT2D eigenvalue weighted by atomic mass is 10.0. The van der Waals surface area contributed by atoms with E-state index in [1.807, 2.05) is 0 Å². The summed E-state index contributed by atoms with van der Waals surface area (Å²) in [6, 6.07) is 4.74. The first-order valence-corrected chi connectivity index (χ1v) is 6.10. The largest absolute Gasteiger partial charge is 0.508 e. The number of phenolic OH excluding ortho intramolecular Hbond substituents is 3. The number of carbonyl (C=O) groups is 1. The maximum Gasteiger partial charge on any atom is 0.170 e. The molecule has 0 aliphatic carbocycles. The van der Waals surface area contributed by atoms with Gasteiger partial charge in [-0.15, -0.1) is 0 Å². The molecule has 0 aliphatic heterocycles. The number of aromatic hydroxyl groups is 3. The number of carbonyl (C=O) groups excluding carboxylic acids is 1. The molecule has 21 heavy (non-hydrogen) atoms. The molecule has 0 saturated carbocycles. The first-order chi connectivity index (χ1) is 9.88. The molecule has 0 spiro atoms. The van der Waals surface area contributed by atoms with E-state index in [-0.39, 0.29) is 24.0 Å². The van der Waals surface area contributed by atoms with Crippen molar-refractivity contribution in [2.45, 2.75) is 12.8 Å². The predicted molar refractivity (Wildman–Crippen MR) is 70.4 cm³/mol. The van der Waals surface area contributed by atoms with Gasteiger partial charge in [0, 0.05) is 18.6 Å². The van der Waals surface area contributed by atoms with E-state index < -0.39 is 34.7 Å². The molecule has 0 bridgehead atoms. The van der Waals surface area contributed by atoms with Crippen molar-refractivity contribution in [3.05, 3.63) is 53.1 Å². The molecule has 0 heterocycles. The fourth-order valence-corrected chi connectivity index (χ4v) is 1.99. The van der Waals surface area contributed by atoms with Crippen LogP contribution in [0.4, 0.5) is 8.78 Å². The molecular formula is C15H12F2O4. The summed E-state index contributed by atoms with van der Waals surface area (Å²) in [5.41, 5.74) is -0.328. The van der Waals surface area contributed by atoms with Crippen molar-refractivity contribution >= 4 is 5.78 Å². The van der Waals surface area contributed by atoms with Crippen molar-refractivity contribution in [1.82, 2.24) is 0 Å². The van der Waals surface area contributed by atoms with Gasteiger partial charge in [0.15, 0.2) is 5.78 Å². The van der Waals surface area contributed by atoms with E-state index in [1.54, 1.807) is 0 Å². The van der Waals surface area contributed by atoms with E-state index in [4.69, 9.17) is 5.11 Å². The Morgan fingerprint density at radius 1 is 1.00 bits per heavy atom. The van der Waals surface area contributed by atoms with Gasteiger partial charge in [0.25, 0.3) is 0 Å². The van der Waals surface area contributed by atoms with Gasteiger partial charge < -0.3 is 15.3 Å². The second-order valence-corrected chi connectivity index (χ2v) is 4.52. The number of phenols is 3. The van der Waals surface area contributed by atoms with E-state index in [0.29, 0.717) is 0 Å². The van der Waals surface area contributed by atoms with Crippen LogP contribution >= 0.6 is 0 Å². The lowest BCUT2D eigenvalue weighted by Gasteiger charge is -2.08. The molecule has 0 fully saturated rings. The van der Waals surface area contributed by atoms with Gasteiger partial charge in [0.2, 0.25) is 0 Å². The van der Waals surface area contributed by atoms with Crippen LogP contribution in [0.2, 0.25) is 0 Å². The monoisotopic (exact) mass is 294 g/mol. The molecule has 0 amide bonds. The van der Waals surface area contributed by atoms with E-state index in [9.17, 15) is 23.8 Å². The van der Waals surface area contributed by atoms with Gasteiger partial charge in [-0.2, -0.15) is 0 Å². The van der Waals surface area contributed by atoms with Crippen LogP contribution < -0.4 is 0 Å². The van der Waals surface area contributed by atoms with Gasteiger partial charge in [-0.3, -0.25) is 4.79 Å². The van der Waals surface area contributed by atoms with Crippen LogP contribution in [0.25, 0.3) is 0 Å². The minimum absolute atomic E-state index is 0.0288. The molecule has 0 saturated heterocycles. The number of aryl methyl sites for hydroxylation is 1. The van der Waals surface area contributed by atoms with Gasteiger partial charge in [-0.25, -0.2) is 8.78 Å². The number of hydrogen-bond acceptors (Lipinski definition) is 4. The van der Waals surface area contributed by atoms with Crippen LogP contribution in [-0.4, -0.2) is 21.1 Å². The molecule has 4 nitrogen and oxygen atoms in total. The fraction of sp³-hybridized carbons (Fsp3) is 0.133. The Bertz CT molecular complexity index is 675. The number of hydrogen-bond donors (Lipinski definition) is 3. The number of benzene rings is 2. The van der Waals surface area contributed by atoms with Crippen LogP contribution in [0.5, 0.6) is 17.2 Å². The van der Waals surface area contributed by atoms with Crippen molar-refractivity contribution in [1.29, 1.82) is 0 Å².